The van der Waals surface area contributed by atoms with Crippen molar-refractivity contribution in [1.29, 1.82) is 0 Å². The van der Waals surface area contributed by atoms with Crippen LogP contribution in [0.1, 0.15) is 24.2 Å². The highest BCUT2D eigenvalue weighted by Crippen LogP contribution is 2.14. The summed E-state index contributed by atoms with van der Waals surface area (Å²) < 4.78 is 5.59. The van der Waals surface area contributed by atoms with Crippen molar-refractivity contribution in [1.82, 2.24) is 10.3 Å². The van der Waals surface area contributed by atoms with Crippen molar-refractivity contribution >= 4 is 5.91 Å². The summed E-state index contributed by atoms with van der Waals surface area (Å²) in [6.07, 6.45) is 1.80. The van der Waals surface area contributed by atoms with Gasteiger partial charge in [0.15, 0.2) is 6.10 Å². The molecule has 0 aliphatic carbocycles. The molecule has 1 aromatic carbocycles. The Hall–Kier alpha value is -2.40. The fraction of sp³-hybridized carbons (Fsp3) is 0.294. The molecule has 1 amide bonds. The molecule has 0 radical (unpaired) electrons. The van der Waals surface area contributed by atoms with E-state index in [-0.39, 0.29) is 12.5 Å². The lowest BCUT2D eigenvalue weighted by atomic mass is 10.1. The van der Waals surface area contributed by atoms with Gasteiger partial charge in [-0.1, -0.05) is 12.1 Å². The lowest BCUT2D eigenvalue weighted by Crippen LogP contribution is -2.38. The van der Waals surface area contributed by atoms with E-state index >= 15 is 0 Å². The SMILES string of the molecule is Cc1cccc(O[C@H](C)C(=O)NC[C@H](O)c2ccncc2)c1. The Morgan fingerprint density at radius 2 is 2.05 bits per heavy atom. The first-order valence-corrected chi connectivity index (χ1v) is 7.15. The molecule has 0 unspecified atom stereocenters. The first kappa shape index (κ1) is 16.0. The minimum Gasteiger partial charge on any atom is -0.481 e. The third-order valence-corrected chi connectivity index (χ3v) is 3.23. The molecular weight excluding hydrogens is 280 g/mol. The van der Waals surface area contributed by atoms with Crippen LogP contribution in [0.4, 0.5) is 0 Å². The normalized spacial score (nSPS) is 13.2. The van der Waals surface area contributed by atoms with Gasteiger partial charge in [0.05, 0.1) is 6.10 Å². The van der Waals surface area contributed by atoms with Gasteiger partial charge in [0.1, 0.15) is 5.75 Å². The highest BCUT2D eigenvalue weighted by atomic mass is 16.5. The van der Waals surface area contributed by atoms with Gasteiger partial charge in [0, 0.05) is 18.9 Å². The number of nitrogens with one attached hydrogen (secondary N) is 1. The van der Waals surface area contributed by atoms with Crippen LogP contribution in [0, 0.1) is 6.92 Å². The maximum atomic E-state index is 12.0. The van der Waals surface area contributed by atoms with E-state index in [1.54, 1.807) is 31.5 Å². The van der Waals surface area contributed by atoms with Gasteiger partial charge >= 0.3 is 0 Å². The smallest absolute Gasteiger partial charge is 0.260 e. The molecule has 5 nitrogen and oxygen atoms in total. The number of aliphatic hydroxyl groups excluding tert-OH is 1. The summed E-state index contributed by atoms with van der Waals surface area (Å²) in [5, 5.41) is 12.7. The number of amides is 1. The Labute approximate surface area is 130 Å². The van der Waals surface area contributed by atoms with Gasteiger partial charge in [-0.2, -0.15) is 0 Å². The van der Waals surface area contributed by atoms with Crippen LogP contribution < -0.4 is 10.1 Å². The fourth-order valence-electron chi connectivity index (χ4n) is 1.99. The number of rotatable bonds is 6. The van der Waals surface area contributed by atoms with E-state index in [0.29, 0.717) is 11.3 Å². The van der Waals surface area contributed by atoms with E-state index in [9.17, 15) is 9.90 Å². The van der Waals surface area contributed by atoms with Gasteiger partial charge in [0.25, 0.3) is 5.91 Å². The Bertz CT molecular complexity index is 616. The van der Waals surface area contributed by atoms with Crippen molar-refractivity contribution in [3.8, 4) is 5.75 Å². The standard InChI is InChI=1S/C17H20N2O3/c1-12-4-3-5-15(10-12)22-13(2)17(21)19-11-16(20)14-6-8-18-9-7-14/h3-10,13,16,20H,11H2,1-2H3,(H,19,21)/t13-,16+/m1/s1. The second-order valence-corrected chi connectivity index (χ2v) is 5.12. The van der Waals surface area contributed by atoms with Crippen LogP contribution in [0.2, 0.25) is 0 Å². The number of hydrogen-bond donors (Lipinski definition) is 2. The van der Waals surface area contributed by atoms with E-state index in [0.717, 1.165) is 5.56 Å². The Kier molecular flexibility index (Phi) is 5.49. The molecule has 0 bridgehead atoms. The molecule has 1 heterocycles. The van der Waals surface area contributed by atoms with Crippen LogP contribution in [0.15, 0.2) is 48.8 Å². The predicted octanol–water partition coefficient (Wildman–Crippen LogP) is 2.01. The largest absolute Gasteiger partial charge is 0.481 e. The van der Waals surface area contributed by atoms with Gasteiger partial charge in [-0.25, -0.2) is 0 Å². The molecule has 2 N–H and O–H groups in total. The number of aliphatic hydroxyl groups is 1. The Balaban J connectivity index is 1.84. The van der Waals surface area contributed by atoms with Gasteiger partial charge in [-0.05, 0) is 49.2 Å². The average Bonchev–Trinajstić information content (AvgIpc) is 2.53. The summed E-state index contributed by atoms with van der Waals surface area (Å²) in [6.45, 7) is 3.77. The second kappa shape index (κ2) is 7.56. The summed E-state index contributed by atoms with van der Waals surface area (Å²) >= 11 is 0. The van der Waals surface area contributed by atoms with Crippen LogP contribution >= 0.6 is 0 Å². The average molecular weight is 300 g/mol. The lowest BCUT2D eigenvalue weighted by Gasteiger charge is -2.17. The maximum Gasteiger partial charge on any atom is 0.260 e. The third kappa shape index (κ3) is 4.56. The van der Waals surface area contributed by atoms with Gasteiger partial charge in [-0.15, -0.1) is 0 Å². The molecular formula is C17H20N2O3. The number of aromatic nitrogens is 1. The van der Waals surface area contributed by atoms with Crippen molar-refractivity contribution < 1.29 is 14.6 Å². The van der Waals surface area contributed by atoms with Crippen molar-refractivity contribution in [2.75, 3.05) is 6.54 Å². The summed E-state index contributed by atoms with van der Waals surface area (Å²) in [6, 6.07) is 10.9. The molecule has 5 heteroatoms. The summed E-state index contributed by atoms with van der Waals surface area (Å²) in [7, 11) is 0. The lowest BCUT2D eigenvalue weighted by molar-refractivity contribution is -0.127. The van der Waals surface area contributed by atoms with E-state index in [1.165, 1.54) is 0 Å². The first-order valence-electron chi connectivity index (χ1n) is 7.15. The zero-order valence-electron chi connectivity index (χ0n) is 12.7. The van der Waals surface area contributed by atoms with Crippen LogP contribution in [0.5, 0.6) is 5.75 Å². The molecule has 0 saturated carbocycles. The molecule has 22 heavy (non-hydrogen) atoms. The number of nitrogens with zero attached hydrogens (tertiary/aromatic N) is 1. The van der Waals surface area contributed by atoms with Crippen LogP contribution in [-0.4, -0.2) is 28.6 Å². The Morgan fingerprint density at radius 3 is 2.73 bits per heavy atom. The predicted molar refractivity (Wildman–Crippen MR) is 83.5 cm³/mol. The summed E-state index contributed by atoms with van der Waals surface area (Å²) in [4.78, 5) is 15.9. The van der Waals surface area contributed by atoms with Gasteiger partial charge in [-0.3, -0.25) is 9.78 Å². The maximum absolute atomic E-state index is 12.0. The van der Waals surface area contributed by atoms with Crippen molar-refractivity contribution in [3.63, 3.8) is 0 Å². The molecule has 2 aromatic rings. The molecule has 0 aliphatic rings. The van der Waals surface area contributed by atoms with Crippen LogP contribution in [0.3, 0.4) is 0 Å². The summed E-state index contributed by atoms with van der Waals surface area (Å²) in [5.74, 6) is 0.381. The minimum absolute atomic E-state index is 0.129. The zero-order valence-corrected chi connectivity index (χ0v) is 12.7. The zero-order chi connectivity index (χ0) is 15.9. The third-order valence-electron chi connectivity index (χ3n) is 3.23. The first-order chi connectivity index (χ1) is 10.6. The summed E-state index contributed by atoms with van der Waals surface area (Å²) in [5.41, 5.74) is 1.78. The van der Waals surface area contributed by atoms with Crippen molar-refractivity contribution in [2.24, 2.45) is 0 Å². The van der Waals surface area contributed by atoms with Crippen LogP contribution in [-0.2, 0) is 4.79 Å². The monoisotopic (exact) mass is 300 g/mol. The number of carbonyl (C=O) groups excluding carboxylic acids is 1. The van der Waals surface area contributed by atoms with Gasteiger partial charge in [0.2, 0.25) is 0 Å². The molecule has 0 fully saturated rings. The molecule has 0 spiro atoms. The molecule has 2 rings (SSSR count). The van der Waals surface area contributed by atoms with Gasteiger partial charge < -0.3 is 15.2 Å². The van der Waals surface area contributed by atoms with E-state index in [4.69, 9.17) is 4.74 Å². The molecule has 1 aromatic heterocycles. The number of hydrogen-bond acceptors (Lipinski definition) is 4. The molecule has 116 valence electrons. The highest BCUT2D eigenvalue weighted by molar-refractivity contribution is 5.80. The van der Waals surface area contributed by atoms with E-state index in [1.807, 2.05) is 31.2 Å². The van der Waals surface area contributed by atoms with Crippen molar-refractivity contribution in [2.45, 2.75) is 26.1 Å². The number of carbonyl (C=O) groups is 1. The van der Waals surface area contributed by atoms with Crippen molar-refractivity contribution in [3.05, 3.63) is 59.9 Å². The molecule has 0 saturated heterocycles. The highest BCUT2D eigenvalue weighted by Gasteiger charge is 2.16. The number of aryl methyl sites for hydroxylation is 1. The topological polar surface area (TPSA) is 71.5 Å². The fourth-order valence-corrected chi connectivity index (χ4v) is 1.99. The number of benzene rings is 1. The number of pyridine rings is 1. The molecule has 0 aliphatic heterocycles. The second-order valence-electron chi connectivity index (χ2n) is 5.12. The molecule has 2 atom stereocenters. The Morgan fingerprint density at radius 1 is 1.32 bits per heavy atom. The minimum atomic E-state index is -0.766. The van der Waals surface area contributed by atoms with E-state index in [2.05, 4.69) is 10.3 Å². The number of ether oxygens (including phenoxy) is 1. The van der Waals surface area contributed by atoms with E-state index < -0.39 is 12.2 Å². The van der Waals surface area contributed by atoms with Crippen LogP contribution in [0.25, 0.3) is 0 Å². The quantitative estimate of drug-likeness (QED) is 0.856.